The molecule has 4 rings (SSSR count). The van der Waals surface area contributed by atoms with Gasteiger partial charge in [-0.1, -0.05) is 36.4 Å². The average Bonchev–Trinajstić information content (AvgIpc) is 3.37. The van der Waals surface area contributed by atoms with Gasteiger partial charge < -0.3 is 15.2 Å². The molecule has 0 spiro atoms. The van der Waals surface area contributed by atoms with Crippen molar-refractivity contribution in [3.8, 4) is 16.9 Å². The molecule has 0 saturated heterocycles. The normalized spacial score (nSPS) is 15.5. The average molecular weight is 462 g/mol. The van der Waals surface area contributed by atoms with Crippen LogP contribution in [0, 0.1) is 0 Å². The van der Waals surface area contributed by atoms with E-state index in [4.69, 9.17) is 9.84 Å². The molecule has 0 radical (unpaired) electrons. The molecule has 1 aromatic heterocycles. The van der Waals surface area contributed by atoms with Crippen LogP contribution in [-0.4, -0.2) is 17.6 Å². The van der Waals surface area contributed by atoms with Crippen LogP contribution in [0.4, 0.5) is 13.2 Å². The Hall–Kier alpha value is -2.84. The summed E-state index contributed by atoms with van der Waals surface area (Å²) in [4.78, 5) is 10.6. The van der Waals surface area contributed by atoms with Crippen LogP contribution in [0.15, 0.2) is 54.6 Å². The molecule has 2 N–H and O–H groups in total. The monoisotopic (exact) mass is 461 g/mol. The lowest BCUT2D eigenvalue weighted by atomic mass is 10.1. The van der Waals surface area contributed by atoms with Gasteiger partial charge >= 0.3 is 12.1 Å². The SMILES string of the molecule is O=C(O)CCNC1CCc2cc(OCc3cc(-c4ccccc4)c(C(F)(F)F)s3)ccc21. The first-order valence-electron chi connectivity index (χ1n) is 10.3. The van der Waals surface area contributed by atoms with Gasteiger partial charge in [0.25, 0.3) is 0 Å². The van der Waals surface area contributed by atoms with Crippen LogP contribution >= 0.6 is 11.3 Å². The number of benzene rings is 2. The first kappa shape index (κ1) is 22.4. The van der Waals surface area contributed by atoms with Crippen LogP contribution in [0.25, 0.3) is 11.1 Å². The van der Waals surface area contributed by atoms with Crippen LogP contribution in [-0.2, 0) is 24.0 Å². The molecule has 8 heteroatoms. The largest absolute Gasteiger partial charge is 0.488 e. The van der Waals surface area contributed by atoms with Gasteiger partial charge in [0.15, 0.2) is 0 Å². The predicted molar refractivity (Wildman–Crippen MR) is 117 cm³/mol. The van der Waals surface area contributed by atoms with Gasteiger partial charge in [0.2, 0.25) is 0 Å². The summed E-state index contributed by atoms with van der Waals surface area (Å²) in [6.07, 6.45) is -2.64. The third kappa shape index (κ3) is 5.14. The molecule has 168 valence electrons. The minimum atomic E-state index is -4.43. The van der Waals surface area contributed by atoms with Crippen LogP contribution in [0.1, 0.15) is 39.8 Å². The summed E-state index contributed by atoms with van der Waals surface area (Å²) in [5.74, 6) is -0.227. The van der Waals surface area contributed by atoms with Crippen molar-refractivity contribution in [2.24, 2.45) is 0 Å². The van der Waals surface area contributed by atoms with Gasteiger partial charge in [-0.15, -0.1) is 11.3 Å². The number of hydrogen-bond acceptors (Lipinski definition) is 4. The van der Waals surface area contributed by atoms with Gasteiger partial charge in [-0.05, 0) is 47.7 Å². The zero-order chi connectivity index (χ0) is 22.7. The summed E-state index contributed by atoms with van der Waals surface area (Å²) >= 11 is 0.710. The maximum absolute atomic E-state index is 13.6. The molecule has 32 heavy (non-hydrogen) atoms. The molecule has 1 atom stereocenters. The lowest BCUT2D eigenvalue weighted by Gasteiger charge is -2.14. The molecule has 1 heterocycles. The third-order valence-corrected chi connectivity index (χ3v) is 6.58. The Kier molecular flexibility index (Phi) is 6.53. The molecule has 0 saturated carbocycles. The topological polar surface area (TPSA) is 58.6 Å². The standard InChI is InChI=1S/C24H22F3NO3S/c25-24(26,27)23-20(15-4-2-1-3-5-15)13-18(32-23)14-31-17-7-8-19-16(12-17)6-9-21(19)28-11-10-22(29)30/h1-5,7-8,12-13,21,28H,6,9-11,14H2,(H,29,30). The van der Waals surface area contributed by atoms with E-state index in [2.05, 4.69) is 5.32 Å². The quantitative estimate of drug-likeness (QED) is 0.428. The fourth-order valence-electron chi connectivity index (χ4n) is 3.96. The van der Waals surface area contributed by atoms with Crippen molar-refractivity contribution in [1.29, 1.82) is 0 Å². The summed E-state index contributed by atoms with van der Waals surface area (Å²) in [6, 6.07) is 15.9. The van der Waals surface area contributed by atoms with E-state index in [0.29, 0.717) is 34.1 Å². The Labute approximate surface area is 187 Å². The third-order valence-electron chi connectivity index (χ3n) is 5.43. The summed E-state index contributed by atoms with van der Waals surface area (Å²) in [7, 11) is 0. The highest BCUT2D eigenvalue weighted by Crippen LogP contribution is 2.43. The van der Waals surface area contributed by atoms with E-state index < -0.39 is 17.0 Å². The number of thiophene rings is 1. The minimum absolute atomic E-state index is 0.0552. The molecular weight excluding hydrogens is 439 g/mol. The minimum Gasteiger partial charge on any atom is -0.488 e. The Morgan fingerprint density at radius 2 is 1.94 bits per heavy atom. The van der Waals surface area contributed by atoms with E-state index in [0.717, 1.165) is 24.0 Å². The molecule has 3 aromatic rings. The highest BCUT2D eigenvalue weighted by Gasteiger charge is 2.36. The molecule has 0 bridgehead atoms. The molecule has 2 aromatic carbocycles. The molecular formula is C24H22F3NO3S. The Morgan fingerprint density at radius 1 is 1.16 bits per heavy atom. The number of alkyl halides is 3. The molecule has 1 unspecified atom stereocenters. The number of ether oxygens (including phenoxy) is 1. The van der Waals surface area contributed by atoms with Crippen molar-refractivity contribution in [2.75, 3.05) is 6.54 Å². The maximum Gasteiger partial charge on any atom is 0.426 e. The lowest BCUT2D eigenvalue weighted by Crippen LogP contribution is -2.22. The summed E-state index contributed by atoms with van der Waals surface area (Å²) < 4.78 is 46.5. The summed E-state index contributed by atoms with van der Waals surface area (Å²) in [6.45, 7) is 0.459. The van der Waals surface area contributed by atoms with E-state index >= 15 is 0 Å². The van der Waals surface area contributed by atoms with E-state index in [1.54, 1.807) is 36.4 Å². The smallest absolute Gasteiger partial charge is 0.426 e. The van der Waals surface area contributed by atoms with E-state index in [-0.39, 0.29) is 24.6 Å². The Bertz CT molecular complexity index is 1100. The second kappa shape index (κ2) is 9.34. The van der Waals surface area contributed by atoms with Gasteiger partial charge in [0.05, 0.1) is 6.42 Å². The number of aryl methyl sites for hydroxylation is 1. The van der Waals surface area contributed by atoms with Gasteiger partial charge in [-0.2, -0.15) is 13.2 Å². The number of nitrogens with one attached hydrogen (secondary N) is 1. The molecule has 1 aliphatic rings. The van der Waals surface area contributed by atoms with Crippen LogP contribution < -0.4 is 10.1 Å². The highest BCUT2D eigenvalue weighted by molar-refractivity contribution is 7.12. The number of aliphatic carboxylic acids is 1. The fourth-order valence-corrected chi connectivity index (χ4v) is 4.92. The molecule has 4 nitrogen and oxygen atoms in total. The number of rotatable bonds is 8. The Morgan fingerprint density at radius 3 is 2.66 bits per heavy atom. The first-order chi connectivity index (χ1) is 15.3. The lowest BCUT2D eigenvalue weighted by molar-refractivity contribution is -0.137. The number of carbonyl (C=O) groups is 1. The fraction of sp³-hybridized carbons (Fsp3) is 0.292. The van der Waals surface area contributed by atoms with E-state index in [1.165, 1.54) is 0 Å². The zero-order valence-corrected chi connectivity index (χ0v) is 17.9. The van der Waals surface area contributed by atoms with Crippen molar-refractivity contribution in [3.63, 3.8) is 0 Å². The predicted octanol–water partition coefficient (Wildman–Crippen LogP) is 6.06. The molecule has 0 aliphatic heterocycles. The molecule has 1 aliphatic carbocycles. The van der Waals surface area contributed by atoms with Crippen molar-refractivity contribution >= 4 is 17.3 Å². The van der Waals surface area contributed by atoms with Crippen molar-refractivity contribution < 1.29 is 27.8 Å². The van der Waals surface area contributed by atoms with Gasteiger partial charge in [-0.3, -0.25) is 4.79 Å². The van der Waals surface area contributed by atoms with Crippen molar-refractivity contribution in [1.82, 2.24) is 5.32 Å². The number of carboxylic acid groups (broad SMARTS) is 1. The molecule has 0 fully saturated rings. The Balaban J connectivity index is 1.45. The number of hydrogen-bond donors (Lipinski definition) is 2. The van der Waals surface area contributed by atoms with Crippen LogP contribution in [0.5, 0.6) is 5.75 Å². The zero-order valence-electron chi connectivity index (χ0n) is 17.1. The van der Waals surface area contributed by atoms with Gasteiger partial charge in [0.1, 0.15) is 17.2 Å². The summed E-state index contributed by atoms with van der Waals surface area (Å²) in [5.41, 5.74) is 2.93. The number of halogens is 3. The van der Waals surface area contributed by atoms with Gasteiger partial charge in [0, 0.05) is 23.0 Å². The maximum atomic E-state index is 13.6. The molecule has 0 amide bonds. The van der Waals surface area contributed by atoms with Crippen molar-refractivity contribution in [2.45, 2.75) is 38.1 Å². The number of carboxylic acids is 1. The van der Waals surface area contributed by atoms with E-state index in [1.807, 2.05) is 18.2 Å². The second-order valence-corrected chi connectivity index (χ2v) is 8.79. The number of fused-ring (bicyclic) bond motifs is 1. The van der Waals surface area contributed by atoms with E-state index in [9.17, 15) is 18.0 Å². The second-order valence-electron chi connectivity index (χ2n) is 7.66. The van der Waals surface area contributed by atoms with Crippen LogP contribution in [0.2, 0.25) is 0 Å². The highest BCUT2D eigenvalue weighted by atomic mass is 32.1. The van der Waals surface area contributed by atoms with Gasteiger partial charge in [-0.25, -0.2) is 0 Å². The van der Waals surface area contributed by atoms with Crippen LogP contribution in [0.3, 0.4) is 0 Å². The van der Waals surface area contributed by atoms with Crippen molar-refractivity contribution in [3.05, 3.63) is 75.5 Å². The summed E-state index contributed by atoms with van der Waals surface area (Å²) in [5, 5.41) is 12.0. The first-order valence-corrected chi connectivity index (χ1v) is 11.1.